The molecule has 2 heterocycles. The molecule has 2 aliphatic rings. The molecule has 1 unspecified atom stereocenters. The van der Waals surface area contributed by atoms with Gasteiger partial charge < -0.3 is 5.11 Å². The van der Waals surface area contributed by atoms with Crippen LogP contribution in [0.25, 0.3) is 5.69 Å². The first-order valence-electron chi connectivity index (χ1n) is 10.9. The molecule has 2 bridgehead atoms. The normalized spacial score (nSPS) is 24.1. The van der Waals surface area contributed by atoms with Crippen LogP contribution in [-0.2, 0) is 13.5 Å². The third-order valence-electron chi connectivity index (χ3n) is 7.16. The monoisotopic (exact) mass is 481 g/mol. The van der Waals surface area contributed by atoms with Crippen molar-refractivity contribution < 1.29 is 5.11 Å². The standard InChI is InChI=1S/C25H28BrN3O2/c1-16(23-22(26)24(31)29(27(23)3)19-7-5-4-6-8-19)28-14-18-13-25(2,15-28)12-17-9-10-20(30)11-21(17)18/h4-11,16,18,30H,12-15H2,1-3H3/t16?,18-,25-/m0/s1. The third kappa shape index (κ3) is 3.37. The molecule has 1 aliphatic heterocycles. The van der Waals surface area contributed by atoms with Crippen LogP contribution in [0.15, 0.2) is 57.8 Å². The highest BCUT2D eigenvalue weighted by atomic mass is 79.9. The molecule has 1 aliphatic carbocycles. The maximum Gasteiger partial charge on any atom is 0.286 e. The van der Waals surface area contributed by atoms with E-state index in [-0.39, 0.29) is 17.0 Å². The van der Waals surface area contributed by atoms with E-state index in [1.165, 1.54) is 11.1 Å². The molecular weight excluding hydrogens is 454 g/mol. The number of piperidine rings is 1. The molecule has 162 valence electrons. The summed E-state index contributed by atoms with van der Waals surface area (Å²) in [5.41, 5.74) is 4.66. The van der Waals surface area contributed by atoms with Gasteiger partial charge >= 0.3 is 0 Å². The van der Waals surface area contributed by atoms with Gasteiger partial charge in [0.25, 0.3) is 5.56 Å². The predicted molar refractivity (Wildman–Crippen MR) is 126 cm³/mol. The highest BCUT2D eigenvalue weighted by Gasteiger charge is 2.43. The molecule has 0 saturated carbocycles. The number of halogens is 1. The third-order valence-corrected chi connectivity index (χ3v) is 7.91. The second-order valence-electron chi connectivity index (χ2n) is 9.55. The molecule has 1 saturated heterocycles. The van der Waals surface area contributed by atoms with Crippen LogP contribution in [-0.4, -0.2) is 32.5 Å². The minimum atomic E-state index is -0.0331. The Bertz CT molecular complexity index is 1200. The number of hydrogen-bond acceptors (Lipinski definition) is 3. The maximum atomic E-state index is 13.1. The van der Waals surface area contributed by atoms with Crippen LogP contribution in [0.4, 0.5) is 0 Å². The lowest BCUT2D eigenvalue weighted by Crippen LogP contribution is -2.49. The van der Waals surface area contributed by atoms with Crippen LogP contribution in [0.2, 0.25) is 0 Å². The molecule has 5 nitrogen and oxygen atoms in total. The summed E-state index contributed by atoms with van der Waals surface area (Å²) < 4.78 is 4.35. The van der Waals surface area contributed by atoms with Gasteiger partial charge in [-0.3, -0.25) is 14.4 Å². The fraction of sp³-hybridized carbons (Fsp3) is 0.400. The number of aromatic hydroxyl groups is 1. The summed E-state index contributed by atoms with van der Waals surface area (Å²) in [6.45, 7) is 6.48. The van der Waals surface area contributed by atoms with E-state index in [9.17, 15) is 9.90 Å². The number of fused-ring (bicyclic) bond motifs is 4. The molecule has 0 amide bonds. The molecular formula is C25H28BrN3O2. The van der Waals surface area contributed by atoms with Gasteiger partial charge in [0, 0.05) is 20.1 Å². The SMILES string of the molecule is CC(c1c(Br)c(=O)n(-c2ccccc2)n1C)N1C[C@@H]2C[C@](C)(Cc3ccc(O)cc32)C1. The molecule has 31 heavy (non-hydrogen) atoms. The van der Waals surface area contributed by atoms with Crippen molar-refractivity contribution in [3.63, 3.8) is 0 Å². The van der Waals surface area contributed by atoms with Gasteiger partial charge in [0.15, 0.2) is 0 Å². The molecule has 3 aromatic rings. The summed E-state index contributed by atoms with van der Waals surface area (Å²) in [5.74, 6) is 0.738. The number of para-hydroxylation sites is 1. The second kappa shape index (κ2) is 7.38. The average Bonchev–Trinajstić information content (AvgIpc) is 2.96. The van der Waals surface area contributed by atoms with Gasteiger partial charge in [-0.05, 0) is 82.4 Å². The van der Waals surface area contributed by atoms with E-state index in [0.29, 0.717) is 16.1 Å². The summed E-state index contributed by atoms with van der Waals surface area (Å²) >= 11 is 3.61. The topological polar surface area (TPSA) is 50.4 Å². The first-order chi connectivity index (χ1) is 14.8. The zero-order valence-electron chi connectivity index (χ0n) is 18.2. The Balaban J connectivity index is 1.52. The number of rotatable bonds is 3. The number of benzene rings is 2. The summed E-state index contributed by atoms with van der Waals surface area (Å²) in [7, 11) is 1.96. The van der Waals surface area contributed by atoms with Gasteiger partial charge in [0.05, 0.1) is 17.4 Å². The van der Waals surface area contributed by atoms with Crippen molar-refractivity contribution in [1.82, 2.24) is 14.3 Å². The lowest BCUT2D eigenvalue weighted by Gasteiger charge is -2.50. The Morgan fingerprint density at radius 3 is 2.68 bits per heavy atom. The average molecular weight is 482 g/mol. The molecule has 1 aromatic heterocycles. The van der Waals surface area contributed by atoms with Crippen LogP contribution < -0.4 is 5.56 Å². The fourth-order valence-electron chi connectivity index (χ4n) is 5.85. The largest absolute Gasteiger partial charge is 0.508 e. The van der Waals surface area contributed by atoms with Gasteiger partial charge in [-0.1, -0.05) is 31.2 Å². The van der Waals surface area contributed by atoms with Crippen LogP contribution in [0.3, 0.4) is 0 Å². The Hall–Kier alpha value is -2.31. The molecule has 1 fully saturated rings. The number of phenols is 1. The first kappa shape index (κ1) is 20.6. The highest BCUT2D eigenvalue weighted by molar-refractivity contribution is 9.10. The van der Waals surface area contributed by atoms with Gasteiger partial charge in [-0.15, -0.1) is 0 Å². The van der Waals surface area contributed by atoms with Crippen molar-refractivity contribution in [3.8, 4) is 11.4 Å². The number of nitrogens with zero attached hydrogens (tertiary/aromatic N) is 3. The zero-order chi connectivity index (χ0) is 21.9. The van der Waals surface area contributed by atoms with Gasteiger partial charge in [-0.25, -0.2) is 4.68 Å². The lowest BCUT2D eigenvalue weighted by atomic mass is 9.65. The van der Waals surface area contributed by atoms with E-state index in [2.05, 4.69) is 40.7 Å². The number of likely N-dealkylation sites (tertiary alicyclic amines) is 1. The predicted octanol–water partition coefficient (Wildman–Crippen LogP) is 4.76. The van der Waals surface area contributed by atoms with Crippen LogP contribution in [0.5, 0.6) is 5.75 Å². The van der Waals surface area contributed by atoms with E-state index < -0.39 is 0 Å². The van der Waals surface area contributed by atoms with E-state index in [0.717, 1.165) is 37.3 Å². The Labute approximate surface area is 191 Å². The maximum absolute atomic E-state index is 13.1. The molecule has 6 heteroatoms. The zero-order valence-corrected chi connectivity index (χ0v) is 19.8. The molecule has 3 atom stereocenters. The van der Waals surface area contributed by atoms with Crippen LogP contribution in [0.1, 0.15) is 49.0 Å². The lowest BCUT2D eigenvalue weighted by molar-refractivity contribution is 0.0458. The number of hydrogen-bond donors (Lipinski definition) is 1. The summed E-state index contributed by atoms with van der Waals surface area (Å²) in [5, 5.41) is 10.1. The smallest absolute Gasteiger partial charge is 0.286 e. The molecule has 5 rings (SSSR count). The van der Waals surface area contributed by atoms with Gasteiger partial charge in [0.1, 0.15) is 10.2 Å². The van der Waals surface area contributed by atoms with Crippen molar-refractivity contribution in [3.05, 3.63) is 80.2 Å². The van der Waals surface area contributed by atoms with Crippen molar-refractivity contribution in [2.45, 2.75) is 38.6 Å². The van der Waals surface area contributed by atoms with Crippen molar-refractivity contribution in [2.75, 3.05) is 13.1 Å². The van der Waals surface area contributed by atoms with E-state index in [4.69, 9.17) is 0 Å². The van der Waals surface area contributed by atoms with E-state index in [1.807, 2.05) is 54.2 Å². The minimum Gasteiger partial charge on any atom is -0.508 e. The molecule has 1 N–H and O–H groups in total. The van der Waals surface area contributed by atoms with E-state index in [1.54, 1.807) is 4.68 Å². The Morgan fingerprint density at radius 1 is 1.19 bits per heavy atom. The van der Waals surface area contributed by atoms with Crippen molar-refractivity contribution >= 4 is 15.9 Å². The molecule has 0 radical (unpaired) electrons. The number of phenolic OH excluding ortho intramolecular Hbond substituents is 1. The van der Waals surface area contributed by atoms with Crippen LogP contribution in [0, 0.1) is 5.41 Å². The number of aromatic nitrogens is 2. The van der Waals surface area contributed by atoms with Crippen molar-refractivity contribution in [1.29, 1.82) is 0 Å². The fourth-order valence-corrected chi connectivity index (χ4v) is 6.61. The van der Waals surface area contributed by atoms with Gasteiger partial charge in [0.2, 0.25) is 0 Å². The molecule has 0 spiro atoms. The molecule has 2 aromatic carbocycles. The summed E-state index contributed by atoms with van der Waals surface area (Å²) in [4.78, 5) is 15.6. The first-order valence-corrected chi connectivity index (χ1v) is 11.7. The summed E-state index contributed by atoms with van der Waals surface area (Å²) in [6.07, 6.45) is 2.16. The van der Waals surface area contributed by atoms with Crippen molar-refractivity contribution in [2.24, 2.45) is 12.5 Å². The Kier molecular flexibility index (Phi) is 4.90. The quantitative estimate of drug-likeness (QED) is 0.586. The second-order valence-corrected chi connectivity index (χ2v) is 10.3. The van der Waals surface area contributed by atoms with Crippen LogP contribution >= 0.6 is 15.9 Å². The van der Waals surface area contributed by atoms with E-state index >= 15 is 0 Å². The summed E-state index contributed by atoms with van der Waals surface area (Å²) in [6, 6.07) is 15.7. The minimum absolute atomic E-state index is 0.0331. The Morgan fingerprint density at radius 2 is 1.94 bits per heavy atom. The van der Waals surface area contributed by atoms with Gasteiger partial charge in [-0.2, -0.15) is 0 Å². The highest BCUT2D eigenvalue weighted by Crippen LogP contribution is 2.49.